The van der Waals surface area contributed by atoms with Gasteiger partial charge in [-0.15, -0.1) is 0 Å². The molecule has 4 N–H and O–H groups in total. The molecule has 0 fully saturated rings. The molecule has 0 amide bonds. The zero-order valence-corrected chi connectivity index (χ0v) is 20.1. The average Bonchev–Trinajstić information content (AvgIpc) is 3.33. The lowest BCUT2D eigenvalue weighted by Gasteiger charge is -2.17. The van der Waals surface area contributed by atoms with Crippen LogP contribution >= 0.6 is 0 Å². The van der Waals surface area contributed by atoms with Gasteiger partial charge in [0.05, 0.1) is 18.8 Å². The Morgan fingerprint density at radius 1 is 0.636 bits per heavy atom. The molecule has 2 aromatic carbocycles. The summed E-state index contributed by atoms with van der Waals surface area (Å²) >= 11 is 0. The van der Waals surface area contributed by atoms with Crippen molar-refractivity contribution >= 4 is 0 Å². The number of rotatable bonds is 14. The highest BCUT2D eigenvalue weighted by Gasteiger charge is 2.30. The smallest absolute Gasteiger partial charge is 0.0808 e. The van der Waals surface area contributed by atoms with Gasteiger partial charge in [0.2, 0.25) is 0 Å². The normalized spacial score (nSPS) is 23.6. The van der Waals surface area contributed by atoms with E-state index in [0.717, 1.165) is 45.5 Å². The van der Waals surface area contributed by atoms with Crippen molar-refractivity contribution in [1.29, 1.82) is 0 Å². The topological polar surface area (TPSA) is 70.5 Å². The molecule has 0 saturated carbocycles. The third kappa shape index (κ3) is 6.66. The van der Waals surface area contributed by atoms with Gasteiger partial charge in [-0.2, -0.15) is 0 Å². The van der Waals surface area contributed by atoms with E-state index in [4.69, 9.17) is 20.9 Å². The molecule has 33 heavy (non-hydrogen) atoms. The lowest BCUT2D eigenvalue weighted by molar-refractivity contribution is 0.0411. The summed E-state index contributed by atoms with van der Waals surface area (Å²) in [4.78, 5) is 0. The number of hydrogen-bond acceptors (Lipinski definition) is 4. The molecular weight excluding hydrogens is 408 g/mol. The van der Waals surface area contributed by atoms with E-state index in [1.165, 1.54) is 60.8 Å². The van der Waals surface area contributed by atoms with Gasteiger partial charge in [0, 0.05) is 31.6 Å². The van der Waals surface area contributed by atoms with Gasteiger partial charge in [-0.25, -0.2) is 0 Å². The molecule has 0 radical (unpaired) electrons. The molecule has 0 spiro atoms. The fourth-order valence-corrected chi connectivity index (χ4v) is 5.46. The second-order valence-electron chi connectivity index (χ2n) is 9.93. The first kappa shape index (κ1) is 24.4. The second kappa shape index (κ2) is 12.7. The van der Waals surface area contributed by atoms with Gasteiger partial charge in [0.1, 0.15) is 0 Å². The van der Waals surface area contributed by atoms with Crippen molar-refractivity contribution in [3.8, 4) is 0 Å². The van der Waals surface area contributed by atoms with Crippen LogP contribution in [-0.4, -0.2) is 25.9 Å². The summed E-state index contributed by atoms with van der Waals surface area (Å²) < 4.78 is 12.1. The summed E-state index contributed by atoms with van der Waals surface area (Å²) in [5, 5.41) is 0. The molecule has 4 heteroatoms. The third-order valence-corrected chi connectivity index (χ3v) is 7.49. The second-order valence-corrected chi connectivity index (χ2v) is 9.93. The summed E-state index contributed by atoms with van der Waals surface area (Å²) in [6.45, 7) is 2.49. The molecule has 0 unspecified atom stereocenters. The van der Waals surface area contributed by atoms with Crippen LogP contribution in [0.15, 0.2) is 48.5 Å². The first-order valence-corrected chi connectivity index (χ1v) is 13.1. The van der Waals surface area contributed by atoms with Gasteiger partial charge in [0.15, 0.2) is 0 Å². The maximum Gasteiger partial charge on any atom is 0.0808 e. The Morgan fingerprint density at radius 3 is 1.82 bits per heavy atom. The highest BCUT2D eigenvalue weighted by atomic mass is 16.5. The lowest BCUT2D eigenvalue weighted by atomic mass is 10.0. The van der Waals surface area contributed by atoms with Crippen LogP contribution in [0.2, 0.25) is 0 Å². The standard InChI is InChI=1S/C29H42N2O2/c30-28-24(19-22-13-7-9-15-25(22)28)21-32-17-11-5-3-1-2-4-6-12-18-33-27-20-23-14-8-10-16-26(23)29(27)31/h7-10,13-16,24,27-29H,1-6,11-12,17-21,30-31H2/t24-,27+,28+,29-/m0/s1. The molecule has 0 aliphatic heterocycles. The van der Waals surface area contributed by atoms with E-state index < -0.39 is 0 Å². The van der Waals surface area contributed by atoms with E-state index >= 15 is 0 Å². The van der Waals surface area contributed by atoms with E-state index in [0.29, 0.717) is 5.92 Å². The zero-order chi connectivity index (χ0) is 22.9. The summed E-state index contributed by atoms with van der Waals surface area (Å²) in [6.07, 6.45) is 12.3. The molecule has 0 saturated heterocycles. The van der Waals surface area contributed by atoms with Crippen molar-refractivity contribution in [2.75, 3.05) is 19.8 Å². The minimum Gasteiger partial charge on any atom is -0.381 e. The van der Waals surface area contributed by atoms with Crippen molar-refractivity contribution in [3.05, 3.63) is 70.8 Å². The van der Waals surface area contributed by atoms with Crippen molar-refractivity contribution in [2.24, 2.45) is 17.4 Å². The highest BCUT2D eigenvalue weighted by Crippen LogP contribution is 2.34. The van der Waals surface area contributed by atoms with Crippen LogP contribution in [0.25, 0.3) is 0 Å². The minimum atomic E-state index is 0.0383. The molecule has 0 aromatic heterocycles. The molecule has 180 valence electrons. The minimum absolute atomic E-state index is 0.0383. The van der Waals surface area contributed by atoms with Crippen LogP contribution in [0.1, 0.15) is 85.7 Å². The maximum absolute atomic E-state index is 6.39. The predicted octanol–water partition coefficient (Wildman–Crippen LogP) is 5.64. The molecule has 0 bridgehead atoms. The summed E-state index contributed by atoms with van der Waals surface area (Å²) in [5.41, 5.74) is 18.1. The third-order valence-electron chi connectivity index (χ3n) is 7.49. The van der Waals surface area contributed by atoms with Crippen LogP contribution < -0.4 is 11.5 Å². The molecule has 2 aliphatic carbocycles. The van der Waals surface area contributed by atoms with Gasteiger partial charge >= 0.3 is 0 Å². The van der Waals surface area contributed by atoms with Gasteiger partial charge in [-0.1, -0.05) is 87.1 Å². The van der Waals surface area contributed by atoms with Gasteiger partial charge in [-0.3, -0.25) is 0 Å². The maximum atomic E-state index is 6.39. The Kier molecular flexibility index (Phi) is 9.36. The largest absolute Gasteiger partial charge is 0.381 e. The Labute approximate surface area is 200 Å². The first-order valence-electron chi connectivity index (χ1n) is 13.1. The zero-order valence-electron chi connectivity index (χ0n) is 20.1. The lowest BCUT2D eigenvalue weighted by Crippen LogP contribution is -2.25. The van der Waals surface area contributed by atoms with Crippen LogP contribution in [0.5, 0.6) is 0 Å². The van der Waals surface area contributed by atoms with E-state index in [9.17, 15) is 0 Å². The highest BCUT2D eigenvalue weighted by molar-refractivity contribution is 5.36. The Bertz CT molecular complexity index is 786. The molecule has 2 aliphatic rings. The van der Waals surface area contributed by atoms with Crippen LogP contribution in [0, 0.1) is 5.92 Å². The SMILES string of the molecule is N[C@H]1c2ccccc2C[C@H]1COCCCCCCCCCCO[C@@H]1Cc2ccccc2[C@@H]1N. The number of fused-ring (bicyclic) bond motifs is 2. The summed E-state index contributed by atoms with van der Waals surface area (Å²) in [5.74, 6) is 0.436. The van der Waals surface area contributed by atoms with E-state index in [1.807, 2.05) is 0 Å². The molecule has 2 aromatic rings. The molecule has 4 atom stereocenters. The fraction of sp³-hybridized carbons (Fsp3) is 0.586. The quantitative estimate of drug-likeness (QED) is 0.366. The molecule has 4 rings (SSSR count). The molecular formula is C29H42N2O2. The number of hydrogen-bond donors (Lipinski definition) is 2. The molecule has 0 heterocycles. The van der Waals surface area contributed by atoms with E-state index in [-0.39, 0.29) is 18.2 Å². The van der Waals surface area contributed by atoms with E-state index in [1.54, 1.807) is 0 Å². The number of nitrogens with two attached hydrogens (primary N) is 2. The van der Waals surface area contributed by atoms with Crippen LogP contribution in [0.4, 0.5) is 0 Å². The van der Waals surface area contributed by atoms with Crippen LogP contribution in [0.3, 0.4) is 0 Å². The van der Waals surface area contributed by atoms with Gasteiger partial charge in [0.25, 0.3) is 0 Å². The van der Waals surface area contributed by atoms with Gasteiger partial charge < -0.3 is 20.9 Å². The number of benzene rings is 2. The Balaban J connectivity index is 0.934. The number of ether oxygens (including phenoxy) is 2. The Morgan fingerprint density at radius 2 is 1.18 bits per heavy atom. The van der Waals surface area contributed by atoms with Crippen molar-refractivity contribution in [3.63, 3.8) is 0 Å². The predicted molar refractivity (Wildman–Crippen MR) is 135 cm³/mol. The average molecular weight is 451 g/mol. The monoisotopic (exact) mass is 450 g/mol. The van der Waals surface area contributed by atoms with E-state index in [2.05, 4.69) is 48.5 Å². The van der Waals surface area contributed by atoms with Crippen LogP contribution in [-0.2, 0) is 22.3 Å². The van der Waals surface area contributed by atoms with Crippen molar-refractivity contribution < 1.29 is 9.47 Å². The molecule has 4 nitrogen and oxygen atoms in total. The van der Waals surface area contributed by atoms with Gasteiger partial charge in [-0.05, 0) is 41.5 Å². The fourth-order valence-electron chi connectivity index (χ4n) is 5.46. The summed E-state index contributed by atoms with van der Waals surface area (Å²) in [6, 6.07) is 17.2. The van der Waals surface area contributed by atoms with Crippen molar-refractivity contribution in [2.45, 2.75) is 82.4 Å². The summed E-state index contributed by atoms with van der Waals surface area (Å²) in [7, 11) is 0. The number of unbranched alkanes of at least 4 members (excludes halogenated alkanes) is 7. The first-order chi connectivity index (χ1) is 16.2. The Hall–Kier alpha value is -1.72. The van der Waals surface area contributed by atoms with Crippen molar-refractivity contribution in [1.82, 2.24) is 0 Å².